The summed E-state index contributed by atoms with van der Waals surface area (Å²) < 4.78 is 22.8. The van der Waals surface area contributed by atoms with E-state index in [1.165, 1.54) is 0 Å². The zero-order valence-corrected chi connectivity index (χ0v) is 25.8. The SMILES string of the molecule is COC1CCC(CC[NH+]2C(N)C(C(=O)NCC3CCC4OCOC4C3)CC3C(=O)N4CCCC(C)C4NC32)CC1OC. The van der Waals surface area contributed by atoms with Gasteiger partial charge in [-0.25, -0.2) is 5.32 Å². The van der Waals surface area contributed by atoms with Crippen LogP contribution in [0.4, 0.5) is 0 Å². The lowest BCUT2D eigenvalue weighted by atomic mass is 9.78. The van der Waals surface area contributed by atoms with Gasteiger partial charge in [0.1, 0.15) is 18.6 Å². The van der Waals surface area contributed by atoms with E-state index >= 15 is 0 Å². The molecule has 0 bridgehead atoms. The quantitative estimate of drug-likeness (QED) is 0.315. The van der Waals surface area contributed by atoms with Gasteiger partial charge in [0.2, 0.25) is 11.8 Å². The number of likely N-dealkylation sites (tertiary alicyclic amines) is 1. The number of fused-ring (bicyclic) bond motifs is 3. The second kappa shape index (κ2) is 13.3. The highest BCUT2D eigenvalue weighted by Crippen LogP contribution is 2.35. The molecule has 42 heavy (non-hydrogen) atoms. The molecular formula is C31H54N5O6+. The van der Waals surface area contributed by atoms with Crippen LogP contribution >= 0.6 is 0 Å². The maximum absolute atomic E-state index is 14.0. The molecular weight excluding hydrogens is 538 g/mol. The van der Waals surface area contributed by atoms with E-state index in [9.17, 15) is 9.59 Å². The number of nitrogens with one attached hydrogen (secondary N) is 3. The van der Waals surface area contributed by atoms with Crippen LogP contribution < -0.4 is 21.3 Å². The topological polar surface area (TPSA) is 129 Å². The summed E-state index contributed by atoms with van der Waals surface area (Å²) in [6.45, 7) is 4.86. The minimum atomic E-state index is -0.399. The molecule has 238 valence electrons. The van der Waals surface area contributed by atoms with Crippen LogP contribution in [0, 0.1) is 29.6 Å². The lowest BCUT2D eigenvalue weighted by Crippen LogP contribution is -3.26. The van der Waals surface area contributed by atoms with Gasteiger partial charge < -0.3 is 34.1 Å². The first-order valence-corrected chi connectivity index (χ1v) is 16.6. The number of carbonyl (C=O) groups excluding carboxylic acids is 2. The van der Waals surface area contributed by atoms with E-state index in [1.807, 2.05) is 0 Å². The molecule has 11 nitrogen and oxygen atoms in total. The smallest absolute Gasteiger partial charge is 0.234 e. The normalized spacial score (nSPS) is 45.6. The molecule has 4 saturated heterocycles. The van der Waals surface area contributed by atoms with E-state index in [1.54, 1.807) is 14.2 Å². The van der Waals surface area contributed by atoms with E-state index in [0.717, 1.165) is 75.8 Å². The summed E-state index contributed by atoms with van der Waals surface area (Å²) in [5.74, 6) is 0.836. The molecule has 2 amide bonds. The van der Waals surface area contributed by atoms with Gasteiger partial charge in [0.05, 0.1) is 37.1 Å². The van der Waals surface area contributed by atoms with Crippen molar-refractivity contribution >= 4 is 11.8 Å². The van der Waals surface area contributed by atoms with Crippen molar-refractivity contribution in [2.24, 2.45) is 35.3 Å². The summed E-state index contributed by atoms with van der Waals surface area (Å²) in [6, 6.07) is 0. The predicted octanol–water partition coefficient (Wildman–Crippen LogP) is 0.184. The van der Waals surface area contributed by atoms with Crippen LogP contribution in [0.5, 0.6) is 0 Å². The van der Waals surface area contributed by atoms with Gasteiger partial charge in [0, 0.05) is 27.3 Å². The van der Waals surface area contributed by atoms with Crippen LogP contribution in [0.1, 0.15) is 71.1 Å². The van der Waals surface area contributed by atoms with Crippen molar-refractivity contribution in [3.63, 3.8) is 0 Å². The minimum Gasteiger partial charge on any atom is -0.379 e. The zero-order valence-electron chi connectivity index (χ0n) is 25.8. The maximum Gasteiger partial charge on any atom is 0.234 e. The van der Waals surface area contributed by atoms with Gasteiger partial charge in [-0.05, 0) is 82.0 Å². The molecule has 4 aliphatic heterocycles. The number of rotatable bonds is 8. The first kappa shape index (κ1) is 30.7. The molecule has 6 aliphatic rings. The fourth-order valence-corrected chi connectivity index (χ4v) is 9.09. The molecule has 0 aromatic rings. The van der Waals surface area contributed by atoms with E-state index in [2.05, 4.69) is 22.5 Å². The third-order valence-electron chi connectivity index (χ3n) is 11.6. The fraction of sp³-hybridized carbons (Fsp3) is 0.935. The Morgan fingerprint density at radius 3 is 2.64 bits per heavy atom. The van der Waals surface area contributed by atoms with Gasteiger partial charge in [-0.15, -0.1) is 0 Å². The highest BCUT2D eigenvalue weighted by molar-refractivity contribution is 5.84. The lowest BCUT2D eigenvalue weighted by Gasteiger charge is -2.54. The molecule has 0 aromatic heterocycles. The van der Waals surface area contributed by atoms with Gasteiger partial charge in [0.15, 0.2) is 12.3 Å². The number of piperidine rings is 2. The Kier molecular flexibility index (Phi) is 9.74. The Morgan fingerprint density at radius 2 is 1.83 bits per heavy atom. The summed E-state index contributed by atoms with van der Waals surface area (Å²) in [4.78, 5) is 30.9. The standard InChI is InChI=1S/C31H53N5O6/c1-18-5-4-11-36-28(18)34-29-22(31(36)38)15-21(30(37)33-16-20-7-9-24-26(14-20)42-17-41-24)27(32)35(29)12-10-19-6-8-23(39-2)25(13-19)40-3/h18-29,34H,4-17,32H2,1-3H3,(H,33,37)/p+1. The summed E-state index contributed by atoms with van der Waals surface area (Å²) in [5.41, 5.74) is 7.03. The lowest BCUT2D eigenvalue weighted by molar-refractivity contribution is -0.965. The van der Waals surface area contributed by atoms with Crippen LogP contribution in [0.15, 0.2) is 0 Å². The molecule has 11 heteroatoms. The van der Waals surface area contributed by atoms with E-state index in [4.69, 9.17) is 24.7 Å². The van der Waals surface area contributed by atoms with Crippen molar-refractivity contribution < 1.29 is 33.4 Å². The van der Waals surface area contributed by atoms with Gasteiger partial charge in [-0.2, -0.15) is 0 Å². The molecule has 5 N–H and O–H groups in total. The van der Waals surface area contributed by atoms with Crippen molar-refractivity contribution in [1.29, 1.82) is 0 Å². The average molecular weight is 593 g/mol. The molecule has 2 saturated carbocycles. The number of nitrogens with zero attached hydrogens (tertiary/aromatic N) is 1. The molecule has 0 radical (unpaired) electrons. The maximum atomic E-state index is 14.0. The summed E-state index contributed by atoms with van der Waals surface area (Å²) in [5, 5.41) is 7.14. The Hall–Kier alpha value is -1.34. The fourth-order valence-electron chi connectivity index (χ4n) is 9.09. The number of carbonyl (C=O) groups is 2. The molecule has 0 spiro atoms. The highest BCUT2D eigenvalue weighted by atomic mass is 16.7. The van der Waals surface area contributed by atoms with Crippen molar-refractivity contribution in [3.8, 4) is 0 Å². The number of quaternary nitrogens is 1. The Labute approximate surface area is 250 Å². The third kappa shape index (κ3) is 6.12. The number of hydrogen-bond acceptors (Lipinski definition) is 8. The molecule has 0 aromatic carbocycles. The number of amides is 2. The summed E-state index contributed by atoms with van der Waals surface area (Å²) in [6.07, 6.45) is 9.80. The second-order valence-electron chi connectivity index (χ2n) is 14.0. The van der Waals surface area contributed by atoms with Crippen LogP contribution in [0.25, 0.3) is 0 Å². The number of nitrogens with two attached hydrogens (primary N) is 1. The largest absolute Gasteiger partial charge is 0.379 e. The van der Waals surface area contributed by atoms with Crippen molar-refractivity contribution in [2.45, 2.75) is 114 Å². The van der Waals surface area contributed by atoms with E-state index in [0.29, 0.717) is 37.5 Å². The predicted molar refractivity (Wildman–Crippen MR) is 155 cm³/mol. The summed E-state index contributed by atoms with van der Waals surface area (Å²) >= 11 is 0. The highest BCUT2D eigenvalue weighted by Gasteiger charge is 2.56. The van der Waals surface area contributed by atoms with Gasteiger partial charge in [-0.3, -0.25) is 15.3 Å². The Morgan fingerprint density at radius 1 is 1.05 bits per heavy atom. The van der Waals surface area contributed by atoms with Crippen LogP contribution in [0.3, 0.4) is 0 Å². The average Bonchev–Trinajstić information content (AvgIpc) is 3.48. The Balaban J connectivity index is 1.14. The van der Waals surface area contributed by atoms with Crippen molar-refractivity contribution in [2.75, 3.05) is 40.6 Å². The first-order chi connectivity index (χ1) is 20.4. The number of ether oxygens (including phenoxy) is 4. The Bertz CT molecular complexity index is 957. The molecule has 6 rings (SSSR count). The van der Waals surface area contributed by atoms with Gasteiger partial charge >= 0.3 is 0 Å². The summed E-state index contributed by atoms with van der Waals surface area (Å²) in [7, 11) is 3.54. The molecule has 4 heterocycles. The van der Waals surface area contributed by atoms with Gasteiger partial charge in [0.25, 0.3) is 0 Å². The minimum absolute atomic E-state index is 0.00820. The van der Waals surface area contributed by atoms with E-state index in [-0.39, 0.29) is 60.6 Å². The monoisotopic (exact) mass is 592 g/mol. The first-order valence-electron chi connectivity index (χ1n) is 16.6. The number of methoxy groups -OCH3 is 2. The molecule has 13 unspecified atom stereocenters. The third-order valence-corrected chi connectivity index (χ3v) is 11.6. The zero-order chi connectivity index (χ0) is 29.4. The van der Waals surface area contributed by atoms with Gasteiger partial charge in [-0.1, -0.05) is 6.92 Å². The second-order valence-corrected chi connectivity index (χ2v) is 14.0. The number of hydrogen-bond donors (Lipinski definition) is 4. The van der Waals surface area contributed by atoms with Crippen molar-refractivity contribution in [3.05, 3.63) is 0 Å². The molecule has 2 aliphatic carbocycles. The van der Waals surface area contributed by atoms with Crippen LogP contribution in [0.2, 0.25) is 0 Å². The molecule has 6 fully saturated rings. The van der Waals surface area contributed by atoms with Crippen LogP contribution in [-0.4, -0.2) is 100 Å². The molecule has 13 atom stereocenters. The van der Waals surface area contributed by atoms with Crippen LogP contribution in [-0.2, 0) is 28.5 Å². The van der Waals surface area contributed by atoms with E-state index < -0.39 is 5.92 Å². The van der Waals surface area contributed by atoms with Crippen molar-refractivity contribution in [1.82, 2.24) is 15.5 Å².